The number of likely N-dealkylation sites (N-methyl/N-ethyl adjacent to an activating group) is 1. The lowest BCUT2D eigenvalue weighted by molar-refractivity contribution is 0.0590. The highest BCUT2D eigenvalue weighted by molar-refractivity contribution is 5.19. The molecule has 0 aromatic carbocycles. The molecule has 120 valence electrons. The molecule has 21 heavy (non-hydrogen) atoms. The highest BCUT2D eigenvalue weighted by Crippen LogP contribution is 2.36. The van der Waals surface area contributed by atoms with E-state index in [2.05, 4.69) is 48.6 Å². The minimum atomic E-state index is 0.371. The molecule has 3 heteroatoms. The average Bonchev–Trinajstić information content (AvgIpc) is 3.09. The Morgan fingerprint density at radius 2 is 1.48 bits per heavy atom. The van der Waals surface area contributed by atoms with Crippen LogP contribution >= 0.6 is 0 Å². The second kappa shape index (κ2) is 5.92. The Kier molecular flexibility index (Phi) is 4.33. The number of allylic oxidation sites excluding steroid dienone is 1. The predicted octanol–water partition coefficient (Wildman–Crippen LogP) is 3.14. The van der Waals surface area contributed by atoms with Gasteiger partial charge in [0, 0.05) is 25.8 Å². The van der Waals surface area contributed by atoms with E-state index in [9.17, 15) is 0 Å². The Hall–Kier alpha value is -0.540. The summed E-state index contributed by atoms with van der Waals surface area (Å²) >= 11 is 0. The van der Waals surface area contributed by atoms with E-state index in [-0.39, 0.29) is 0 Å². The van der Waals surface area contributed by atoms with Crippen LogP contribution < -0.4 is 0 Å². The maximum absolute atomic E-state index is 2.73. The van der Waals surface area contributed by atoms with Gasteiger partial charge in [-0.05, 0) is 56.7 Å². The third kappa shape index (κ3) is 3.29. The molecule has 3 nitrogen and oxygen atoms in total. The van der Waals surface area contributed by atoms with Crippen LogP contribution in [0.2, 0.25) is 0 Å². The molecule has 0 unspecified atom stereocenters. The van der Waals surface area contributed by atoms with Crippen LogP contribution in [0, 0.1) is 5.41 Å². The maximum Gasteiger partial charge on any atom is 0.101 e. The van der Waals surface area contributed by atoms with Crippen LogP contribution in [-0.2, 0) is 0 Å². The summed E-state index contributed by atoms with van der Waals surface area (Å²) in [6, 6.07) is 0.618. The van der Waals surface area contributed by atoms with Crippen LogP contribution in [0.5, 0.6) is 0 Å². The molecule has 0 aromatic rings. The van der Waals surface area contributed by atoms with Crippen LogP contribution in [0.3, 0.4) is 0 Å². The van der Waals surface area contributed by atoms with E-state index in [4.69, 9.17) is 0 Å². The summed E-state index contributed by atoms with van der Waals surface area (Å²) in [5, 5.41) is 0. The zero-order chi connectivity index (χ0) is 15.0. The van der Waals surface area contributed by atoms with Gasteiger partial charge in [0.05, 0.1) is 6.04 Å². The van der Waals surface area contributed by atoms with Gasteiger partial charge in [-0.3, -0.25) is 9.80 Å². The summed E-state index contributed by atoms with van der Waals surface area (Å²) in [7, 11) is 2.33. The molecule has 0 aliphatic carbocycles. The van der Waals surface area contributed by atoms with Gasteiger partial charge in [0.1, 0.15) is 6.17 Å². The van der Waals surface area contributed by atoms with Gasteiger partial charge in [-0.25, -0.2) is 0 Å². The minimum Gasteiger partial charge on any atom is -0.361 e. The second-order valence-corrected chi connectivity index (χ2v) is 8.40. The Bertz CT molecular complexity index is 384. The molecule has 0 spiro atoms. The van der Waals surface area contributed by atoms with Gasteiger partial charge in [0.25, 0.3) is 0 Å². The predicted molar refractivity (Wildman–Crippen MR) is 89.1 cm³/mol. The van der Waals surface area contributed by atoms with E-state index in [1.54, 1.807) is 5.70 Å². The fraction of sp³-hybridized carbons (Fsp3) is 0.889. The highest BCUT2D eigenvalue weighted by atomic mass is 15.4. The maximum atomic E-state index is 2.73. The van der Waals surface area contributed by atoms with Crippen molar-refractivity contribution in [2.24, 2.45) is 5.41 Å². The molecule has 0 amide bonds. The van der Waals surface area contributed by atoms with E-state index in [0.29, 0.717) is 17.6 Å². The number of hydrogen-bond donors (Lipinski definition) is 0. The van der Waals surface area contributed by atoms with E-state index in [1.807, 2.05) is 0 Å². The number of hydrogen-bond acceptors (Lipinski definition) is 3. The van der Waals surface area contributed by atoms with Crippen molar-refractivity contribution in [2.75, 3.05) is 33.2 Å². The molecule has 2 saturated heterocycles. The zero-order valence-electron chi connectivity index (χ0n) is 14.4. The molecular formula is C18H33N3. The zero-order valence-corrected chi connectivity index (χ0v) is 14.4. The first-order valence-electron chi connectivity index (χ1n) is 8.87. The normalized spacial score (nSPS) is 32.2. The van der Waals surface area contributed by atoms with Gasteiger partial charge in [0.2, 0.25) is 0 Å². The third-order valence-electron chi connectivity index (χ3n) is 5.31. The van der Waals surface area contributed by atoms with Gasteiger partial charge in [-0.2, -0.15) is 0 Å². The molecule has 2 atom stereocenters. The fourth-order valence-corrected chi connectivity index (χ4v) is 4.33. The lowest BCUT2D eigenvalue weighted by Crippen LogP contribution is -2.53. The van der Waals surface area contributed by atoms with Gasteiger partial charge in [-0.1, -0.05) is 20.8 Å². The van der Waals surface area contributed by atoms with Crippen molar-refractivity contribution in [2.45, 2.75) is 65.1 Å². The summed E-state index contributed by atoms with van der Waals surface area (Å²) in [5.74, 6) is 0. The Labute approximate surface area is 131 Å². The minimum absolute atomic E-state index is 0.371. The molecule has 0 N–H and O–H groups in total. The highest BCUT2D eigenvalue weighted by Gasteiger charge is 2.41. The molecule has 0 saturated carbocycles. The van der Waals surface area contributed by atoms with Crippen molar-refractivity contribution in [1.82, 2.24) is 14.7 Å². The quantitative estimate of drug-likeness (QED) is 0.791. The van der Waals surface area contributed by atoms with Crippen LogP contribution in [0.15, 0.2) is 11.8 Å². The molecule has 0 bridgehead atoms. The third-order valence-corrected chi connectivity index (χ3v) is 5.31. The molecule has 3 heterocycles. The van der Waals surface area contributed by atoms with E-state index < -0.39 is 0 Å². The number of rotatable bonds is 3. The van der Waals surface area contributed by atoms with Crippen molar-refractivity contribution in [3.63, 3.8) is 0 Å². The van der Waals surface area contributed by atoms with Crippen molar-refractivity contribution in [3.8, 4) is 0 Å². The summed E-state index contributed by atoms with van der Waals surface area (Å²) in [4.78, 5) is 8.06. The fourth-order valence-electron chi connectivity index (χ4n) is 4.33. The largest absolute Gasteiger partial charge is 0.361 e. The molecule has 0 radical (unpaired) electrons. The van der Waals surface area contributed by atoms with E-state index >= 15 is 0 Å². The molecule has 2 fully saturated rings. The summed E-state index contributed by atoms with van der Waals surface area (Å²) in [6.45, 7) is 12.2. The summed E-state index contributed by atoms with van der Waals surface area (Å²) < 4.78 is 0. The first-order chi connectivity index (χ1) is 9.96. The lowest BCUT2D eigenvalue weighted by atomic mass is 9.90. The lowest BCUT2D eigenvalue weighted by Gasteiger charge is -2.39. The second-order valence-electron chi connectivity index (χ2n) is 8.40. The van der Waals surface area contributed by atoms with Gasteiger partial charge in [-0.15, -0.1) is 0 Å². The van der Waals surface area contributed by atoms with Crippen LogP contribution in [0.25, 0.3) is 0 Å². The van der Waals surface area contributed by atoms with Crippen LogP contribution in [0.4, 0.5) is 0 Å². The van der Waals surface area contributed by atoms with Gasteiger partial charge in [0.15, 0.2) is 0 Å². The van der Waals surface area contributed by atoms with Gasteiger partial charge < -0.3 is 4.90 Å². The van der Waals surface area contributed by atoms with E-state index in [1.165, 1.54) is 58.3 Å². The Balaban J connectivity index is 1.80. The smallest absolute Gasteiger partial charge is 0.101 e. The Morgan fingerprint density at radius 1 is 0.952 bits per heavy atom. The van der Waals surface area contributed by atoms with E-state index in [0.717, 1.165) is 0 Å². The Morgan fingerprint density at radius 3 is 2.00 bits per heavy atom. The number of nitrogens with zero attached hydrogens (tertiary/aromatic N) is 3. The monoisotopic (exact) mass is 291 g/mol. The van der Waals surface area contributed by atoms with Gasteiger partial charge >= 0.3 is 0 Å². The average molecular weight is 291 g/mol. The first-order valence-corrected chi connectivity index (χ1v) is 8.87. The van der Waals surface area contributed by atoms with Crippen molar-refractivity contribution >= 4 is 0 Å². The van der Waals surface area contributed by atoms with Crippen molar-refractivity contribution in [1.29, 1.82) is 0 Å². The standard InChI is InChI=1S/C18H33N3/c1-18(2,3)14-15-13-16(20-9-5-6-10-20)17(19(15)4)21-11-7-8-12-21/h13,16-17H,5-12,14H2,1-4H3/t16-,17+/m1/s1. The molecule has 3 rings (SSSR count). The molecule has 0 aromatic heterocycles. The van der Waals surface area contributed by atoms with Crippen molar-refractivity contribution in [3.05, 3.63) is 11.8 Å². The topological polar surface area (TPSA) is 9.72 Å². The van der Waals surface area contributed by atoms with Crippen molar-refractivity contribution < 1.29 is 0 Å². The molecule has 3 aliphatic rings. The SMILES string of the molecule is CN1C(CC(C)(C)C)=C[C@@H](N2CCCC2)[C@@H]1N1CCCC1. The summed E-state index contributed by atoms with van der Waals surface area (Å²) in [6.07, 6.45) is 9.91. The molecule has 3 aliphatic heterocycles. The van der Waals surface area contributed by atoms with Crippen LogP contribution in [-0.4, -0.2) is 60.1 Å². The summed E-state index contributed by atoms with van der Waals surface area (Å²) in [5.41, 5.74) is 1.94. The van der Waals surface area contributed by atoms with Crippen LogP contribution in [0.1, 0.15) is 52.9 Å². The first kappa shape index (κ1) is 15.4. The number of likely N-dealkylation sites (tertiary alicyclic amines) is 2. The molecular weight excluding hydrogens is 258 g/mol.